The number of nitrogens with zero attached hydrogens (tertiary/aromatic N) is 4. The quantitative estimate of drug-likeness (QED) is 0.220. The molecule has 0 unspecified atom stereocenters. The molecular weight excluding hydrogens is 543 g/mol. The molecule has 0 aliphatic heterocycles. The lowest BCUT2D eigenvalue weighted by Gasteiger charge is -2.41. The summed E-state index contributed by atoms with van der Waals surface area (Å²) in [6, 6.07) is 12.9. The van der Waals surface area contributed by atoms with Crippen LogP contribution in [0.25, 0.3) is 11.5 Å². The number of benzene rings is 2. The van der Waals surface area contributed by atoms with Crippen molar-refractivity contribution in [3.63, 3.8) is 0 Å². The zero-order chi connectivity index (χ0) is 28.8. The highest BCUT2D eigenvalue weighted by Gasteiger charge is 2.43. The Labute approximate surface area is 230 Å². The van der Waals surface area contributed by atoms with Gasteiger partial charge in [0.15, 0.2) is 0 Å². The highest BCUT2D eigenvalue weighted by molar-refractivity contribution is 6.26. The van der Waals surface area contributed by atoms with E-state index >= 15 is 0 Å². The third-order valence-corrected chi connectivity index (χ3v) is 7.37. The fourth-order valence-corrected chi connectivity index (χ4v) is 5.12. The zero-order valence-electron chi connectivity index (χ0n) is 21.9. The van der Waals surface area contributed by atoms with Crippen LogP contribution in [-0.2, 0) is 15.0 Å². The Hall–Kier alpha value is -3.50. The van der Waals surface area contributed by atoms with Crippen molar-refractivity contribution in [2.45, 2.75) is 52.4 Å². The maximum atomic E-state index is 13.7. The van der Waals surface area contributed by atoms with E-state index in [0.29, 0.717) is 11.1 Å². The van der Waals surface area contributed by atoms with Crippen LogP contribution in [0.2, 0.25) is 13.1 Å². The number of alkyl halides is 3. The Morgan fingerprint density at radius 2 is 1.62 bits per heavy atom. The first-order chi connectivity index (χ1) is 18.5. The van der Waals surface area contributed by atoms with Crippen LogP contribution in [-0.4, -0.2) is 36.0 Å². The predicted octanol–water partition coefficient (Wildman–Crippen LogP) is 6.01. The Bertz CT molecular complexity index is 1340. The van der Waals surface area contributed by atoms with E-state index in [1.54, 1.807) is 30.3 Å². The highest BCUT2D eigenvalue weighted by atomic mass is 28.2. The average Bonchev–Trinajstić information content (AvgIpc) is 3.40. The van der Waals surface area contributed by atoms with E-state index in [1.165, 1.54) is 6.07 Å². The standard InChI is InChI=1S/C26H26F3N5O3Si2/c1-15(25(2,3)24(36-38-4)37-39-5)21(32-19-11-10-18(14-31)20(12-19)26(27,28)29)23-34-33-22(35-23)17-8-6-16(13-30)7-9-17/h6-12,15,21,24,32H,1-5H3/t15-,21+/m0/s1. The zero-order valence-corrected chi connectivity index (χ0v) is 23.9. The molecule has 2 atom stereocenters. The molecule has 0 spiro atoms. The minimum atomic E-state index is -4.72. The van der Waals surface area contributed by atoms with Gasteiger partial charge in [-0.2, -0.15) is 23.7 Å². The lowest BCUT2D eigenvalue weighted by Crippen LogP contribution is -2.44. The van der Waals surface area contributed by atoms with Gasteiger partial charge in [0.25, 0.3) is 0 Å². The molecule has 0 aliphatic carbocycles. The molecule has 39 heavy (non-hydrogen) atoms. The number of halogens is 3. The number of anilines is 1. The molecular formula is C26H26F3N5O3Si2. The molecule has 1 heterocycles. The van der Waals surface area contributed by atoms with Crippen molar-refractivity contribution < 1.29 is 26.4 Å². The van der Waals surface area contributed by atoms with Crippen molar-refractivity contribution in [2.24, 2.45) is 11.3 Å². The first kappa shape index (κ1) is 30.1. The van der Waals surface area contributed by atoms with Gasteiger partial charge in [-0.05, 0) is 61.5 Å². The van der Waals surface area contributed by atoms with Crippen molar-refractivity contribution in [1.29, 1.82) is 10.5 Å². The number of rotatable bonds is 11. The van der Waals surface area contributed by atoms with Gasteiger partial charge < -0.3 is 18.6 Å². The van der Waals surface area contributed by atoms with E-state index < -0.39 is 35.1 Å². The molecule has 0 aliphatic rings. The van der Waals surface area contributed by atoms with Gasteiger partial charge in [0, 0.05) is 16.7 Å². The Balaban J connectivity index is 2.07. The van der Waals surface area contributed by atoms with Gasteiger partial charge in [0.2, 0.25) is 31.3 Å². The van der Waals surface area contributed by atoms with Crippen LogP contribution in [0.15, 0.2) is 46.9 Å². The molecule has 8 nitrogen and oxygen atoms in total. The smallest absolute Gasteiger partial charge is 0.417 e. The third kappa shape index (κ3) is 6.93. The van der Waals surface area contributed by atoms with E-state index in [0.717, 1.165) is 12.1 Å². The summed E-state index contributed by atoms with van der Waals surface area (Å²) < 4.78 is 58.8. The largest absolute Gasteiger partial charge is 0.418 e. The number of nitriles is 2. The third-order valence-electron chi connectivity index (χ3n) is 6.47. The summed E-state index contributed by atoms with van der Waals surface area (Å²) in [5, 5.41) is 29.8. The summed E-state index contributed by atoms with van der Waals surface area (Å²) in [6.07, 6.45) is -5.32. The molecule has 13 heteroatoms. The van der Waals surface area contributed by atoms with Crippen molar-refractivity contribution in [1.82, 2.24) is 10.2 Å². The van der Waals surface area contributed by atoms with Crippen LogP contribution in [0.4, 0.5) is 18.9 Å². The van der Waals surface area contributed by atoms with E-state index in [9.17, 15) is 18.4 Å². The fourth-order valence-electron chi connectivity index (χ4n) is 3.90. The van der Waals surface area contributed by atoms with Crippen LogP contribution in [0.3, 0.4) is 0 Å². The average molecular weight is 570 g/mol. The SMILES string of the molecule is C[Si]OC(O[Si]C)C(C)(C)[C@@H](C)[C@@H](Nc1ccc(C#N)c(C(F)(F)F)c1)c1nnc(-c2ccc(C#N)cc2)o1. The van der Waals surface area contributed by atoms with Crippen LogP contribution in [0, 0.1) is 34.0 Å². The minimum Gasteiger partial charge on any atom is -0.418 e. The second-order valence-corrected chi connectivity index (χ2v) is 10.5. The molecule has 2 aromatic carbocycles. The van der Waals surface area contributed by atoms with Crippen molar-refractivity contribution >= 4 is 25.2 Å². The highest BCUT2D eigenvalue weighted by Crippen LogP contribution is 2.43. The number of hydrogen-bond acceptors (Lipinski definition) is 8. The summed E-state index contributed by atoms with van der Waals surface area (Å²) in [5.41, 5.74) is -1.01. The number of hydrogen-bond donors (Lipinski definition) is 1. The first-order valence-corrected chi connectivity index (χ1v) is 14.6. The lowest BCUT2D eigenvalue weighted by atomic mass is 9.75. The van der Waals surface area contributed by atoms with Gasteiger partial charge in [-0.3, -0.25) is 0 Å². The molecule has 1 aromatic heterocycles. The van der Waals surface area contributed by atoms with Gasteiger partial charge in [0.1, 0.15) is 12.3 Å². The molecule has 4 radical (unpaired) electrons. The molecule has 0 saturated heterocycles. The van der Waals surface area contributed by atoms with E-state index in [2.05, 4.69) is 15.5 Å². The Morgan fingerprint density at radius 3 is 2.15 bits per heavy atom. The first-order valence-electron chi connectivity index (χ1n) is 11.8. The molecule has 202 valence electrons. The predicted molar refractivity (Wildman–Crippen MR) is 139 cm³/mol. The van der Waals surface area contributed by atoms with Gasteiger partial charge >= 0.3 is 6.18 Å². The van der Waals surface area contributed by atoms with Crippen LogP contribution < -0.4 is 5.32 Å². The summed E-state index contributed by atoms with van der Waals surface area (Å²) in [5.74, 6) is -0.0322. The summed E-state index contributed by atoms with van der Waals surface area (Å²) in [7, 11) is 0.302. The fraction of sp³-hybridized carbons (Fsp3) is 0.385. The second kappa shape index (κ2) is 12.6. The summed E-state index contributed by atoms with van der Waals surface area (Å²) >= 11 is 0. The van der Waals surface area contributed by atoms with Crippen LogP contribution >= 0.6 is 0 Å². The number of aromatic nitrogens is 2. The molecule has 3 rings (SSSR count). The normalized spacial score (nSPS) is 13.5. The molecule has 0 saturated carbocycles. The monoisotopic (exact) mass is 569 g/mol. The summed E-state index contributed by atoms with van der Waals surface area (Å²) in [6.45, 7) is 9.53. The Kier molecular flexibility index (Phi) is 9.69. The van der Waals surface area contributed by atoms with Gasteiger partial charge in [-0.25, -0.2) is 0 Å². The van der Waals surface area contributed by atoms with E-state index in [-0.39, 0.29) is 42.9 Å². The minimum absolute atomic E-state index is 0.125. The van der Waals surface area contributed by atoms with Crippen LogP contribution in [0.5, 0.6) is 0 Å². The summed E-state index contributed by atoms with van der Waals surface area (Å²) in [4.78, 5) is 0. The van der Waals surface area contributed by atoms with Gasteiger partial charge in [0.05, 0.1) is 28.8 Å². The van der Waals surface area contributed by atoms with Crippen molar-refractivity contribution in [2.75, 3.05) is 5.32 Å². The van der Waals surface area contributed by atoms with Gasteiger partial charge in [-0.15, -0.1) is 10.2 Å². The van der Waals surface area contributed by atoms with Crippen molar-refractivity contribution in [3.8, 4) is 23.6 Å². The molecule has 0 bridgehead atoms. The topological polar surface area (TPSA) is 117 Å². The number of nitrogens with one attached hydrogen (secondary N) is 1. The molecule has 0 fully saturated rings. The maximum Gasteiger partial charge on any atom is 0.417 e. The van der Waals surface area contributed by atoms with E-state index in [4.69, 9.17) is 18.5 Å². The maximum absolute atomic E-state index is 13.7. The molecule has 3 aromatic rings. The van der Waals surface area contributed by atoms with Crippen LogP contribution in [0.1, 0.15) is 49.4 Å². The Morgan fingerprint density at radius 1 is 0.974 bits per heavy atom. The van der Waals surface area contributed by atoms with E-state index in [1.807, 2.05) is 39.9 Å². The molecule has 0 amide bonds. The van der Waals surface area contributed by atoms with Gasteiger partial charge in [-0.1, -0.05) is 20.8 Å². The second-order valence-electron chi connectivity index (χ2n) is 9.21. The molecule has 1 N–H and O–H groups in total. The van der Waals surface area contributed by atoms with Crippen molar-refractivity contribution in [3.05, 3.63) is 65.0 Å². The lowest BCUT2D eigenvalue weighted by molar-refractivity contribution is -0.137.